The van der Waals surface area contributed by atoms with E-state index in [-0.39, 0.29) is 24.3 Å². The van der Waals surface area contributed by atoms with Crippen LogP contribution in [0, 0.1) is 0 Å². The minimum absolute atomic E-state index is 0.00500. The lowest BCUT2D eigenvalue weighted by Gasteiger charge is -2.26. The van der Waals surface area contributed by atoms with Gasteiger partial charge in [-0.15, -0.1) is 0 Å². The van der Waals surface area contributed by atoms with E-state index in [1.807, 2.05) is 26.0 Å². The predicted molar refractivity (Wildman–Crippen MR) is 85.6 cm³/mol. The molecule has 6 heteroatoms. The number of nitrogens with one attached hydrogen (secondary N) is 1. The monoisotopic (exact) mass is 315 g/mol. The molecule has 0 spiro atoms. The summed E-state index contributed by atoms with van der Waals surface area (Å²) in [7, 11) is 0. The van der Waals surface area contributed by atoms with Gasteiger partial charge in [-0.2, -0.15) is 0 Å². The van der Waals surface area contributed by atoms with Gasteiger partial charge in [-0.25, -0.2) is 0 Å². The van der Waals surface area contributed by atoms with E-state index in [1.165, 1.54) is 12.5 Å². The van der Waals surface area contributed by atoms with Crippen LogP contribution in [0.1, 0.15) is 36.2 Å². The number of aromatic nitrogens is 1. The Morgan fingerprint density at radius 2 is 2.00 bits per heavy atom. The average molecular weight is 315 g/mol. The molecule has 0 fully saturated rings. The molecule has 0 saturated carbocycles. The van der Waals surface area contributed by atoms with Crippen LogP contribution in [0.4, 0.5) is 0 Å². The molecule has 0 radical (unpaired) electrons. The molecular formula is C17H21N3O3. The van der Waals surface area contributed by atoms with E-state index in [4.69, 9.17) is 4.42 Å². The number of carbonyl (C=O) groups is 2. The Hall–Kier alpha value is -2.63. The van der Waals surface area contributed by atoms with Crippen molar-refractivity contribution < 1.29 is 14.0 Å². The van der Waals surface area contributed by atoms with E-state index in [0.717, 1.165) is 5.56 Å². The highest BCUT2D eigenvalue weighted by atomic mass is 16.3. The fraction of sp³-hybridized carbons (Fsp3) is 0.353. The molecule has 2 aromatic heterocycles. The first kappa shape index (κ1) is 16.7. The Balaban J connectivity index is 1.84. The molecule has 0 atom stereocenters. The maximum absolute atomic E-state index is 12.4. The first-order valence-electron chi connectivity index (χ1n) is 7.56. The standard InChI is InChI=1S/C17H21N3O3/c1-13(2)20(17(22)15-6-10-23-12-15)9-5-16(21)19-11-14-3-7-18-8-4-14/h3-4,6-8,10,12-13H,5,9,11H2,1-2H3,(H,19,21). The number of furan rings is 1. The van der Waals surface area contributed by atoms with Crippen molar-refractivity contribution >= 4 is 11.8 Å². The van der Waals surface area contributed by atoms with Crippen molar-refractivity contribution in [1.82, 2.24) is 15.2 Å². The summed E-state index contributed by atoms with van der Waals surface area (Å²) >= 11 is 0. The van der Waals surface area contributed by atoms with Crippen molar-refractivity contribution in [2.45, 2.75) is 32.9 Å². The molecule has 0 aliphatic rings. The van der Waals surface area contributed by atoms with Gasteiger partial charge in [-0.3, -0.25) is 14.6 Å². The molecule has 0 aliphatic carbocycles. The van der Waals surface area contributed by atoms with Gasteiger partial charge in [0.25, 0.3) is 5.91 Å². The maximum atomic E-state index is 12.4. The van der Waals surface area contributed by atoms with Crippen molar-refractivity contribution in [3.8, 4) is 0 Å². The fourth-order valence-corrected chi connectivity index (χ4v) is 2.16. The van der Waals surface area contributed by atoms with Crippen molar-refractivity contribution in [2.75, 3.05) is 6.54 Å². The van der Waals surface area contributed by atoms with Crippen LogP contribution >= 0.6 is 0 Å². The van der Waals surface area contributed by atoms with Gasteiger partial charge < -0.3 is 14.6 Å². The van der Waals surface area contributed by atoms with E-state index >= 15 is 0 Å². The smallest absolute Gasteiger partial charge is 0.257 e. The number of carbonyl (C=O) groups excluding carboxylic acids is 2. The zero-order chi connectivity index (χ0) is 16.7. The Labute approximate surface area is 135 Å². The highest BCUT2D eigenvalue weighted by Crippen LogP contribution is 2.10. The van der Waals surface area contributed by atoms with Crippen LogP contribution in [-0.4, -0.2) is 34.3 Å². The largest absolute Gasteiger partial charge is 0.472 e. The lowest BCUT2D eigenvalue weighted by Crippen LogP contribution is -2.39. The predicted octanol–water partition coefficient (Wildman–Crippen LogP) is 2.23. The highest BCUT2D eigenvalue weighted by Gasteiger charge is 2.20. The Kier molecular flexibility index (Phi) is 5.91. The van der Waals surface area contributed by atoms with Gasteiger partial charge >= 0.3 is 0 Å². The van der Waals surface area contributed by atoms with Gasteiger partial charge in [0.1, 0.15) is 6.26 Å². The maximum Gasteiger partial charge on any atom is 0.257 e. The molecule has 0 saturated heterocycles. The highest BCUT2D eigenvalue weighted by molar-refractivity contribution is 5.94. The Morgan fingerprint density at radius 3 is 2.61 bits per heavy atom. The number of rotatable bonds is 7. The summed E-state index contributed by atoms with van der Waals surface area (Å²) < 4.78 is 4.95. The number of pyridine rings is 1. The molecule has 122 valence electrons. The summed E-state index contributed by atoms with van der Waals surface area (Å²) in [5.41, 5.74) is 1.49. The van der Waals surface area contributed by atoms with Crippen LogP contribution in [-0.2, 0) is 11.3 Å². The average Bonchev–Trinajstić information content (AvgIpc) is 3.08. The first-order valence-corrected chi connectivity index (χ1v) is 7.56. The topological polar surface area (TPSA) is 75.4 Å². The molecule has 0 unspecified atom stereocenters. The van der Waals surface area contributed by atoms with Crippen LogP contribution in [0.5, 0.6) is 0 Å². The third kappa shape index (κ3) is 4.95. The fourth-order valence-electron chi connectivity index (χ4n) is 2.16. The van der Waals surface area contributed by atoms with Gasteiger partial charge in [-0.05, 0) is 37.6 Å². The molecule has 23 heavy (non-hydrogen) atoms. The summed E-state index contributed by atoms with van der Waals surface area (Å²) in [6.07, 6.45) is 6.51. The van der Waals surface area contributed by atoms with Gasteiger partial charge in [0.05, 0.1) is 11.8 Å². The lowest BCUT2D eigenvalue weighted by atomic mass is 10.2. The van der Waals surface area contributed by atoms with Crippen LogP contribution in [0.25, 0.3) is 0 Å². The molecule has 2 heterocycles. The van der Waals surface area contributed by atoms with E-state index in [0.29, 0.717) is 18.7 Å². The molecule has 1 N–H and O–H groups in total. The summed E-state index contributed by atoms with van der Waals surface area (Å²) in [4.78, 5) is 29.9. The molecule has 0 aliphatic heterocycles. The third-order valence-electron chi connectivity index (χ3n) is 3.47. The number of hydrogen-bond donors (Lipinski definition) is 1. The Morgan fingerprint density at radius 1 is 1.26 bits per heavy atom. The second kappa shape index (κ2) is 8.12. The van der Waals surface area contributed by atoms with Gasteiger partial charge in [0.2, 0.25) is 5.91 Å². The Bertz CT molecular complexity index is 624. The number of nitrogens with zero attached hydrogens (tertiary/aromatic N) is 2. The van der Waals surface area contributed by atoms with Gasteiger partial charge in [0, 0.05) is 37.9 Å². The molecule has 2 aromatic rings. The van der Waals surface area contributed by atoms with Crippen LogP contribution < -0.4 is 5.32 Å². The summed E-state index contributed by atoms with van der Waals surface area (Å²) in [5, 5.41) is 2.84. The lowest BCUT2D eigenvalue weighted by molar-refractivity contribution is -0.121. The van der Waals surface area contributed by atoms with Crippen LogP contribution in [0.3, 0.4) is 0 Å². The third-order valence-corrected chi connectivity index (χ3v) is 3.47. The molecule has 6 nitrogen and oxygen atoms in total. The van der Waals surface area contributed by atoms with Gasteiger partial charge in [0.15, 0.2) is 0 Å². The van der Waals surface area contributed by atoms with Crippen molar-refractivity contribution in [2.24, 2.45) is 0 Å². The summed E-state index contributed by atoms with van der Waals surface area (Å²) in [6, 6.07) is 5.33. The summed E-state index contributed by atoms with van der Waals surface area (Å²) in [6.45, 7) is 4.67. The minimum atomic E-state index is -0.129. The van der Waals surface area contributed by atoms with Crippen molar-refractivity contribution in [3.63, 3.8) is 0 Å². The quantitative estimate of drug-likeness (QED) is 0.850. The normalized spacial score (nSPS) is 10.6. The van der Waals surface area contributed by atoms with Crippen LogP contribution in [0.15, 0.2) is 47.5 Å². The SMILES string of the molecule is CC(C)N(CCC(=O)NCc1ccncc1)C(=O)c1ccoc1. The molecule has 0 bridgehead atoms. The first-order chi connectivity index (χ1) is 11.1. The van der Waals surface area contributed by atoms with E-state index < -0.39 is 0 Å². The second-order valence-corrected chi connectivity index (χ2v) is 5.49. The molecular weight excluding hydrogens is 294 g/mol. The van der Waals surface area contributed by atoms with Crippen molar-refractivity contribution in [3.05, 3.63) is 54.2 Å². The van der Waals surface area contributed by atoms with Crippen molar-refractivity contribution in [1.29, 1.82) is 0 Å². The zero-order valence-electron chi connectivity index (χ0n) is 13.4. The molecule has 2 rings (SSSR count). The van der Waals surface area contributed by atoms with Gasteiger partial charge in [-0.1, -0.05) is 0 Å². The zero-order valence-corrected chi connectivity index (χ0v) is 13.4. The number of hydrogen-bond acceptors (Lipinski definition) is 4. The molecule has 0 aromatic carbocycles. The van der Waals surface area contributed by atoms with E-state index in [1.54, 1.807) is 23.4 Å². The van der Waals surface area contributed by atoms with Crippen LogP contribution in [0.2, 0.25) is 0 Å². The summed E-state index contributed by atoms with van der Waals surface area (Å²) in [5.74, 6) is -0.219. The second-order valence-electron chi connectivity index (χ2n) is 5.49. The molecule has 2 amide bonds. The van der Waals surface area contributed by atoms with E-state index in [2.05, 4.69) is 10.3 Å². The minimum Gasteiger partial charge on any atom is -0.472 e. The van der Waals surface area contributed by atoms with E-state index in [9.17, 15) is 9.59 Å². The number of amides is 2.